The number of halogens is 2. The highest BCUT2D eigenvalue weighted by Crippen LogP contribution is 2.24. The number of nitrogen functional groups attached to an aromatic ring is 1. The van der Waals surface area contributed by atoms with E-state index >= 15 is 0 Å². The Morgan fingerprint density at radius 3 is 2.50 bits per heavy atom. The van der Waals surface area contributed by atoms with Gasteiger partial charge in [0.1, 0.15) is 10.7 Å². The molecular weight excluding hydrogens is 294 g/mol. The fourth-order valence-electron chi connectivity index (χ4n) is 1.44. The minimum Gasteiger partial charge on any atom is -0.398 e. The van der Waals surface area contributed by atoms with Crippen molar-refractivity contribution in [3.63, 3.8) is 0 Å². The van der Waals surface area contributed by atoms with Gasteiger partial charge in [0.25, 0.3) is 10.1 Å². The molecule has 2 rings (SSSR count). The molecule has 2 aromatic rings. The van der Waals surface area contributed by atoms with Crippen LogP contribution in [-0.2, 0) is 10.1 Å². The van der Waals surface area contributed by atoms with Gasteiger partial charge in [-0.3, -0.25) is 4.55 Å². The lowest BCUT2D eigenvalue weighted by Crippen LogP contribution is -2.05. The van der Waals surface area contributed by atoms with Gasteiger partial charge in [0.2, 0.25) is 5.95 Å². The largest absolute Gasteiger partial charge is 0.398 e. The lowest BCUT2D eigenvalue weighted by atomic mass is 10.3. The smallest absolute Gasteiger partial charge is 0.313 e. The molecule has 0 radical (unpaired) electrons. The molecule has 1 heterocycles. The van der Waals surface area contributed by atoms with E-state index in [9.17, 15) is 17.2 Å². The average molecular weight is 302 g/mol. The zero-order chi connectivity index (χ0) is 14.9. The van der Waals surface area contributed by atoms with Crippen molar-refractivity contribution in [2.45, 2.75) is 4.90 Å². The van der Waals surface area contributed by atoms with E-state index in [1.807, 2.05) is 0 Å². The normalized spacial score (nSPS) is 11.3. The predicted octanol–water partition coefficient (Wildman–Crippen LogP) is 1.33. The molecule has 0 amide bonds. The van der Waals surface area contributed by atoms with E-state index in [0.717, 1.165) is 12.1 Å². The number of anilines is 3. The van der Waals surface area contributed by atoms with Gasteiger partial charge in [-0.1, -0.05) is 0 Å². The quantitative estimate of drug-likeness (QED) is 0.339. The lowest BCUT2D eigenvalue weighted by Gasteiger charge is -2.08. The number of rotatable bonds is 3. The number of hydrogen-bond acceptors (Lipinski definition) is 6. The number of hydrogen-bond donors (Lipinski definition) is 3. The van der Waals surface area contributed by atoms with E-state index in [4.69, 9.17) is 10.3 Å². The summed E-state index contributed by atoms with van der Waals surface area (Å²) in [4.78, 5) is 5.55. The van der Waals surface area contributed by atoms with Gasteiger partial charge in [-0.25, -0.2) is 0 Å². The zero-order valence-electron chi connectivity index (χ0n) is 9.71. The van der Waals surface area contributed by atoms with Gasteiger partial charge in [0.05, 0.1) is 5.69 Å². The van der Waals surface area contributed by atoms with E-state index in [0.29, 0.717) is 0 Å². The lowest BCUT2D eigenvalue weighted by molar-refractivity contribution is 0.482. The Morgan fingerprint density at radius 1 is 1.20 bits per heavy atom. The molecule has 0 aliphatic carbocycles. The van der Waals surface area contributed by atoms with Gasteiger partial charge in [-0.15, -0.1) is 0 Å². The standard InChI is InChI=1S/C10H8F2N4O3S/c11-8-4-9(16-10(12)15-8)14-5-1-2-6(13)7(3-5)20(17,18)19/h1-4H,13H2,(H,14,15,16)(H,17,18,19). The third-order valence-electron chi connectivity index (χ3n) is 2.23. The van der Waals surface area contributed by atoms with Crippen molar-refractivity contribution in [2.75, 3.05) is 11.1 Å². The summed E-state index contributed by atoms with van der Waals surface area (Å²) in [6.45, 7) is 0. The van der Waals surface area contributed by atoms with Crippen LogP contribution in [0.2, 0.25) is 0 Å². The number of nitrogens with two attached hydrogens (primary N) is 1. The van der Waals surface area contributed by atoms with Gasteiger partial charge in [0, 0.05) is 11.8 Å². The average Bonchev–Trinajstić information content (AvgIpc) is 2.29. The SMILES string of the molecule is Nc1ccc(Nc2cc(F)nc(F)n2)cc1S(=O)(=O)O. The second-order valence-electron chi connectivity index (χ2n) is 3.70. The first-order valence-electron chi connectivity index (χ1n) is 5.10. The maximum atomic E-state index is 12.9. The van der Waals surface area contributed by atoms with Crippen LogP contribution >= 0.6 is 0 Å². The maximum Gasteiger partial charge on any atom is 0.313 e. The van der Waals surface area contributed by atoms with Crippen LogP contribution in [0, 0.1) is 12.0 Å². The summed E-state index contributed by atoms with van der Waals surface area (Å²) in [5.74, 6) is -1.31. The fourth-order valence-corrected chi connectivity index (χ4v) is 2.08. The molecule has 20 heavy (non-hydrogen) atoms. The first-order chi connectivity index (χ1) is 9.25. The first-order valence-corrected chi connectivity index (χ1v) is 6.54. The Balaban J connectivity index is 2.40. The second kappa shape index (κ2) is 4.98. The van der Waals surface area contributed by atoms with Crippen LogP contribution in [-0.4, -0.2) is 22.9 Å². The van der Waals surface area contributed by atoms with Gasteiger partial charge in [-0.05, 0) is 18.2 Å². The van der Waals surface area contributed by atoms with E-state index in [1.165, 1.54) is 12.1 Å². The molecule has 0 saturated heterocycles. The van der Waals surface area contributed by atoms with Crippen LogP contribution in [0.5, 0.6) is 0 Å². The Kier molecular flexibility index (Phi) is 3.51. The van der Waals surface area contributed by atoms with Crippen LogP contribution in [0.1, 0.15) is 0 Å². The molecule has 106 valence electrons. The van der Waals surface area contributed by atoms with Gasteiger partial charge >= 0.3 is 6.08 Å². The molecule has 0 unspecified atom stereocenters. The summed E-state index contributed by atoms with van der Waals surface area (Å²) in [6, 6.07) is 4.37. The predicted molar refractivity (Wildman–Crippen MR) is 65.9 cm³/mol. The summed E-state index contributed by atoms with van der Waals surface area (Å²) in [6.07, 6.45) is -1.28. The van der Waals surface area contributed by atoms with Crippen molar-refractivity contribution < 1.29 is 21.8 Å². The van der Waals surface area contributed by atoms with Crippen molar-refractivity contribution in [1.82, 2.24) is 9.97 Å². The Bertz CT molecular complexity index is 747. The molecule has 0 bridgehead atoms. The molecule has 0 aliphatic rings. The van der Waals surface area contributed by atoms with Crippen LogP contribution in [0.4, 0.5) is 26.0 Å². The molecule has 4 N–H and O–H groups in total. The Labute approximate surface area is 112 Å². The van der Waals surface area contributed by atoms with Crippen molar-refractivity contribution in [1.29, 1.82) is 0 Å². The van der Waals surface area contributed by atoms with Crippen LogP contribution in [0.3, 0.4) is 0 Å². The van der Waals surface area contributed by atoms with E-state index in [1.54, 1.807) is 0 Å². The van der Waals surface area contributed by atoms with Crippen molar-refractivity contribution >= 4 is 27.3 Å². The van der Waals surface area contributed by atoms with Crippen molar-refractivity contribution in [3.8, 4) is 0 Å². The molecular formula is C10H8F2N4O3S. The molecule has 0 fully saturated rings. The highest BCUT2D eigenvalue weighted by molar-refractivity contribution is 7.86. The number of aromatic nitrogens is 2. The molecule has 10 heteroatoms. The van der Waals surface area contributed by atoms with Gasteiger partial charge in [-0.2, -0.15) is 27.2 Å². The molecule has 0 atom stereocenters. The molecule has 7 nitrogen and oxygen atoms in total. The Morgan fingerprint density at radius 2 is 1.90 bits per heavy atom. The monoisotopic (exact) mass is 302 g/mol. The summed E-state index contributed by atoms with van der Waals surface area (Å²) in [5.41, 5.74) is 5.35. The molecule has 0 spiro atoms. The third-order valence-corrected chi connectivity index (χ3v) is 3.14. The van der Waals surface area contributed by atoms with Crippen LogP contribution in [0.15, 0.2) is 29.2 Å². The highest BCUT2D eigenvalue weighted by Gasteiger charge is 2.15. The zero-order valence-corrected chi connectivity index (χ0v) is 10.5. The third kappa shape index (κ3) is 3.16. The summed E-state index contributed by atoms with van der Waals surface area (Å²) in [5, 5.41) is 2.46. The molecule has 0 aliphatic heterocycles. The van der Waals surface area contributed by atoms with E-state index in [-0.39, 0.29) is 17.2 Å². The molecule has 1 aromatic carbocycles. The van der Waals surface area contributed by atoms with Gasteiger partial charge in [0.15, 0.2) is 0 Å². The van der Waals surface area contributed by atoms with E-state index in [2.05, 4.69) is 15.3 Å². The van der Waals surface area contributed by atoms with Crippen molar-refractivity contribution in [2.24, 2.45) is 0 Å². The number of benzene rings is 1. The van der Waals surface area contributed by atoms with E-state index < -0.39 is 27.0 Å². The van der Waals surface area contributed by atoms with Crippen molar-refractivity contribution in [3.05, 3.63) is 36.3 Å². The summed E-state index contributed by atoms with van der Waals surface area (Å²) in [7, 11) is -4.51. The first kappa shape index (κ1) is 14.1. The maximum absolute atomic E-state index is 12.9. The Hall–Kier alpha value is -2.33. The van der Waals surface area contributed by atoms with Gasteiger partial charge < -0.3 is 11.1 Å². The second-order valence-corrected chi connectivity index (χ2v) is 5.09. The van der Waals surface area contributed by atoms with Crippen LogP contribution in [0.25, 0.3) is 0 Å². The summed E-state index contributed by atoms with van der Waals surface area (Å²) < 4.78 is 56.8. The van der Waals surface area contributed by atoms with Crippen LogP contribution < -0.4 is 11.1 Å². The number of nitrogens with zero attached hydrogens (tertiary/aromatic N) is 2. The number of nitrogens with one attached hydrogen (secondary N) is 1. The molecule has 0 saturated carbocycles. The minimum absolute atomic E-state index is 0.115. The topological polar surface area (TPSA) is 118 Å². The highest BCUT2D eigenvalue weighted by atomic mass is 32.2. The minimum atomic E-state index is -4.51. The molecule has 1 aromatic heterocycles. The fraction of sp³-hybridized carbons (Fsp3) is 0. The summed E-state index contributed by atoms with van der Waals surface area (Å²) >= 11 is 0.